The number of carbonyl (C=O) groups is 2. The molecule has 0 fully saturated rings. The number of hydrogen-bond donors (Lipinski definition) is 0. The average Bonchev–Trinajstić information content (AvgIpc) is 3.82. The monoisotopic (exact) mass is 543 g/mol. The summed E-state index contributed by atoms with van der Waals surface area (Å²) in [6, 6.07) is 24.4. The minimum Gasteiger partial charge on any atom is -0.370 e. The first-order chi connectivity index (χ1) is 20.1. The van der Waals surface area contributed by atoms with Gasteiger partial charge in [0.05, 0.1) is 13.2 Å². The van der Waals surface area contributed by atoms with Gasteiger partial charge in [-0.3, -0.25) is 14.5 Å². The Morgan fingerprint density at radius 2 is 1.15 bits per heavy atom. The van der Waals surface area contributed by atoms with Crippen LogP contribution in [0.1, 0.15) is 31.8 Å². The van der Waals surface area contributed by atoms with Crippen LogP contribution in [0.15, 0.2) is 116 Å². The third kappa shape index (κ3) is 4.12. The molecule has 10 heteroatoms. The molecule has 6 aromatic rings. The molecule has 3 aromatic heterocycles. The quantitative estimate of drug-likeness (QED) is 0.254. The van der Waals surface area contributed by atoms with Gasteiger partial charge in [-0.2, -0.15) is 15.3 Å². The van der Waals surface area contributed by atoms with Gasteiger partial charge in [0.2, 0.25) is 0 Å². The van der Waals surface area contributed by atoms with E-state index in [2.05, 4.69) is 15.3 Å². The summed E-state index contributed by atoms with van der Waals surface area (Å²) in [7, 11) is 0. The summed E-state index contributed by atoms with van der Waals surface area (Å²) in [5, 5.41) is 15.1. The highest BCUT2D eigenvalue weighted by molar-refractivity contribution is 6.25. The zero-order valence-corrected chi connectivity index (χ0v) is 21.9. The van der Waals surface area contributed by atoms with Gasteiger partial charge >= 0.3 is 0 Å². The number of imide groups is 1. The van der Waals surface area contributed by atoms with Crippen LogP contribution in [0, 0.1) is 0 Å². The van der Waals surface area contributed by atoms with Crippen LogP contribution in [0.5, 0.6) is 0 Å². The van der Waals surface area contributed by atoms with Gasteiger partial charge in [-0.25, -0.2) is 14.0 Å². The molecular formula is C31H25N7O3. The van der Waals surface area contributed by atoms with Crippen molar-refractivity contribution in [3.63, 3.8) is 0 Å². The van der Waals surface area contributed by atoms with Crippen LogP contribution >= 0.6 is 0 Å². The predicted molar refractivity (Wildman–Crippen MR) is 150 cm³/mol. The molecule has 0 atom stereocenters. The molecule has 3 aromatic carbocycles. The van der Waals surface area contributed by atoms with E-state index in [0.717, 1.165) is 21.9 Å². The first-order valence-corrected chi connectivity index (χ1v) is 13.2. The Hall–Kier alpha value is -5.35. The van der Waals surface area contributed by atoms with E-state index < -0.39 is 5.79 Å². The molecule has 0 saturated heterocycles. The second kappa shape index (κ2) is 10.00. The molecular weight excluding hydrogens is 518 g/mol. The number of nitrogens with zero attached hydrogens (tertiary/aromatic N) is 7. The molecule has 1 aliphatic rings. The molecule has 41 heavy (non-hydrogen) atoms. The second-order valence-electron chi connectivity index (χ2n) is 9.84. The Morgan fingerprint density at radius 1 is 0.634 bits per heavy atom. The first kappa shape index (κ1) is 24.7. The van der Waals surface area contributed by atoms with Crippen LogP contribution in [-0.2, 0) is 23.7 Å². The summed E-state index contributed by atoms with van der Waals surface area (Å²) in [4.78, 5) is 27.9. The number of rotatable bonds is 9. The largest absolute Gasteiger partial charge is 0.370 e. The number of hydrogen-bond acceptors (Lipinski definition) is 6. The van der Waals surface area contributed by atoms with Crippen LogP contribution in [0.2, 0.25) is 0 Å². The molecule has 0 bridgehead atoms. The predicted octanol–water partition coefficient (Wildman–Crippen LogP) is 4.15. The Labute approximate surface area is 235 Å². The van der Waals surface area contributed by atoms with Gasteiger partial charge in [0, 0.05) is 53.7 Å². The molecule has 0 radical (unpaired) electrons. The van der Waals surface area contributed by atoms with Crippen molar-refractivity contribution in [1.82, 2.24) is 34.2 Å². The van der Waals surface area contributed by atoms with E-state index in [9.17, 15) is 9.59 Å². The van der Waals surface area contributed by atoms with Crippen LogP contribution in [-0.4, -0.2) is 52.7 Å². The Morgan fingerprint density at radius 3 is 1.63 bits per heavy atom. The van der Waals surface area contributed by atoms with Crippen molar-refractivity contribution < 1.29 is 14.3 Å². The zero-order chi connectivity index (χ0) is 27.8. The summed E-state index contributed by atoms with van der Waals surface area (Å²) < 4.78 is 11.5. The third-order valence-electron chi connectivity index (χ3n) is 7.40. The van der Waals surface area contributed by atoms with Gasteiger partial charge < -0.3 is 4.74 Å². The lowest BCUT2D eigenvalue weighted by molar-refractivity contribution is -0.0175. The topological polar surface area (TPSA) is 100 Å². The number of amides is 2. The van der Waals surface area contributed by atoms with E-state index in [0.29, 0.717) is 17.7 Å². The fraction of sp³-hybridized carbons (Fsp3) is 0.129. The second-order valence-corrected chi connectivity index (χ2v) is 9.84. The normalized spacial score (nSPS) is 13.3. The average molecular weight is 544 g/mol. The molecule has 0 saturated carbocycles. The molecule has 0 spiro atoms. The van der Waals surface area contributed by atoms with Gasteiger partial charge in [0.15, 0.2) is 0 Å². The zero-order valence-electron chi connectivity index (χ0n) is 21.9. The molecule has 4 heterocycles. The molecule has 7 rings (SSSR count). The van der Waals surface area contributed by atoms with Gasteiger partial charge in [0.1, 0.15) is 6.61 Å². The van der Waals surface area contributed by atoms with Crippen LogP contribution in [0.3, 0.4) is 0 Å². The molecule has 0 unspecified atom stereocenters. The summed E-state index contributed by atoms with van der Waals surface area (Å²) in [6.07, 6.45) is 10.7. The lowest BCUT2D eigenvalue weighted by atomic mass is 9.94. The SMILES string of the molecule is O=C1c2cccc3cccc(c23)C(=O)N1Cc1ccc(COCC(n2cccn2)(n2cccn2)n2cccn2)cc1. The maximum absolute atomic E-state index is 13.3. The van der Waals surface area contributed by atoms with Crippen molar-refractivity contribution in [2.45, 2.75) is 18.9 Å². The summed E-state index contributed by atoms with van der Waals surface area (Å²) in [6.45, 7) is 0.703. The van der Waals surface area contributed by atoms with Gasteiger partial charge in [-0.15, -0.1) is 0 Å². The van der Waals surface area contributed by atoms with Crippen molar-refractivity contribution >= 4 is 22.6 Å². The Balaban J connectivity index is 1.08. The number of benzene rings is 3. The standard InChI is InChI=1S/C31H25N7O3/c39-29-26-8-1-6-25-7-2-9-27(28(25)26)30(40)35(29)20-23-10-12-24(13-11-23)21-41-22-31(36-17-3-14-32-36,37-18-4-15-33-37)38-19-5-16-34-38/h1-19H,20-22H2. The van der Waals surface area contributed by atoms with E-state index in [1.807, 2.05) is 85.3 Å². The smallest absolute Gasteiger partial charge is 0.273 e. The van der Waals surface area contributed by atoms with Crippen molar-refractivity contribution in [2.75, 3.05) is 6.61 Å². The lowest BCUT2D eigenvalue weighted by Crippen LogP contribution is -2.52. The van der Waals surface area contributed by atoms with E-state index in [1.165, 1.54) is 4.90 Å². The van der Waals surface area contributed by atoms with Crippen LogP contribution in [0.4, 0.5) is 0 Å². The fourth-order valence-electron chi connectivity index (χ4n) is 5.41. The minimum atomic E-state index is -0.982. The Kier molecular flexibility index (Phi) is 6.02. The molecule has 1 aliphatic heterocycles. The third-order valence-corrected chi connectivity index (χ3v) is 7.40. The van der Waals surface area contributed by atoms with E-state index in [4.69, 9.17) is 4.74 Å². The number of aromatic nitrogens is 6. The van der Waals surface area contributed by atoms with E-state index >= 15 is 0 Å². The molecule has 202 valence electrons. The van der Waals surface area contributed by atoms with Crippen molar-refractivity contribution in [3.8, 4) is 0 Å². The molecule has 0 N–H and O–H groups in total. The minimum absolute atomic E-state index is 0.185. The number of carbonyl (C=O) groups excluding carboxylic acids is 2. The summed E-state index contributed by atoms with van der Waals surface area (Å²) >= 11 is 0. The maximum atomic E-state index is 13.3. The lowest BCUT2D eigenvalue weighted by Gasteiger charge is -2.34. The van der Waals surface area contributed by atoms with E-state index in [1.54, 1.807) is 44.8 Å². The highest BCUT2D eigenvalue weighted by atomic mass is 16.5. The molecule has 0 aliphatic carbocycles. The fourth-order valence-corrected chi connectivity index (χ4v) is 5.41. The van der Waals surface area contributed by atoms with Gasteiger partial charge in [0.25, 0.3) is 17.6 Å². The Bertz CT molecular complexity index is 1690. The van der Waals surface area contributed by atoms with Crippen LogP contribution < -0.4 is 0 Å². The number of ether oxygens (including phenoxy) is 1. The van der Waals surface area contributed by atoms with Gasteiger partial charge in [-0.1, -0.05) is 48.5 Å². The molecule has 10 nitrogen and oxygen atoms in total. The molecule has 2 amide bonds. The van der Waals surface area contributed by atoms with E-state index in [-0.39, 0.29) is 25.0 Å². The summed E-state index contributed by atoms with van der Waals surface area (Å²) in [5.74, 6) is -1.54. The highest BCUT2D eigenvalue weighted by Crippen LogP contribution is 2.31. The first-order valence-electron chi connectivity index (χ1n) is 13.2. The van der Waals surface area contributed by atoms with Crippen molar-refractivity contribution in [2.24, 2.45) is 0 Å². The summed E-state index contributed by atoms with van der Waals surface area (Å²) in [5.41, 5.74) is 2.90. The van der Waals surface area contributed by atoms with Gasteiger partial charge in [-0.05, 0) is 46.8 Å². The van der Waals surface area contributed by atoms with Crippen molar-refractivity contribution in [1.29, 1.82) is 0 Å². The maximum Gasteiger partial charge on any atom is 0.273 e. The van der Waals surface area contributed by atoms with Crippen molar-refractivity contribution in [3.05, 3.63) is 138 Å². The van der Waals surface area contributed by atoms with Crippen LogP contribution in [0.25, 0.3) is 10.8 Å². The highest BCUT2D eigenvalue weighted by Gasteiger charge is 2.39.